The van der Waals surface area contributed by atoms with Crippen LogP contribution in [0.4, 0.5) is 5.69 Å². The topological polar surface area (TPSA) is 8.17 Å². The Hall–Kier alpha value is -5.08. The Kier molecular flexibility index (Phi) is 7.38. The van der Waals surface area contributed by atoms with Gasteiger partial charge in [0, 0.05) is 40.5 Å². The van der Waals surface area contributed by atoms with E-state index in [1.54, 1.807) is 0 Å². The number of fused-ring (bicyclic) bond motifs is 3. The fourth-order valence-corrected chi connectivity index (χ4v) is 5.95. The molecule has 0 unspecified atom stereocenters. The van der Waals surface area contributed by atoms with Crippen LogP contribution in [0.1, 0.15) is 18.4 Å². The van der Waals surface area contributed by atoms with Gasteiger partial charge < -0.3 is 9.47 Å². The van der Waals surface area contributed by atoms with Crippen molar-refractivity contribution in [1.29, 1.82) is 0 Å². The highest BCUT2D eigenvalue weighted by Gasteiger charge is 2.19. The molecule has 0 amide bonds. The van der Waals surface area contributed by atoms with E-state index in [1.165, 1.54) is 61.1 Å². The molecule has 0 saturated carbocycles. The maximum absolute atomic E-state index is 3.00. The minimum atomic E-state index is 1.01. The first-order valence-corrected chi connectivity index (χ1v) is 14.1. The molecule has 6 aromatic rings. The van der Waals surface area contributed by atoms with E-state index in [2.05, 4.69) is 169 Å². The summed E-state index contributed by atoms with van der Waals surface area (Å²) in [5.41, 5.74) is 11.4. The molecule has 1 aliphatic carbocycles. The van der Waals surface area contributed by atoms with Crippen molar-refractivity contribution < 1.29 is 0 Å². The largest absolute Gasteiger partial charge is 0.348 e. The molecule has 0 fully saturated rings. The molecule has 2 nitrogen and oxygen atoms in total. The van der Waals surface area contributed by atoms with Crippen LogP contribution in [0.3, 0.4) is 0 Å². The van der Waals surface area contributed by atoms with Gasteiger partial charge in [-0.1, -0.05) is 103 Å². The molecule has 41 heavy (non-hydrogen) atoms. The van der Waals surface area contributed by atoms with E-state index in [0.29, 0.717) is 0 Å². The minimum Gasteiger partial charge on any atom is -0.348 e. The van der Waals surface area contributed by atoms with Gasteiger partial charge in [-0.05, 0) is 65.9 Å². The standard InChI is InChI=1S/C37H30N2.C2H4/c1-38(30-15-6-3-7-16-30)31-24-22-28(23-25-31)33-19-11-20-35-34-18-8-9-21-36(34)39(37(33)35)32-17-10-14-29(26-32)27-12-4-2-5-13-27;1-2/h2-22,24,26H,23,25H2,1H3;1-2H2. The summed E-state index contributed by atoms with van der Waals surface area (Å²) in [7, 11) is 2.16. The number of allylic oxidation sites excluding steroid dienone is 4. The first-order chi connectivity index (χ1) is 20.3. The van der Waals surface area contributed by atoms with Crippen molar-refractivity contribution in [1.82, 2.24) is 4.57 Å². The zero-order valence-corrected chi connectivity index (χ0v) is 23.5. The van der Waals surface area contributed by atoms with Crippen LogP contribution in [0.25, 0.3) is 44.2 Å². The average Bonchev–Trinajstić information content (AvgIpc) is 3.41. The van der Waals surface area contributed by atoms with Gasteiger partial charge >= 0.3 is 0 Å². The van der Waals surface area contributed by atoms with Crippen LogP contribution in [0.5, 0.6) is 0 Å². The molecule has 2 heteroatoms. The first-order valence-electron chi connectivity index (χ1n) is 14.1. The van der Waals surface area contributed by atoms with E-state index in [4.69, 9.17) is 0 Å². The lowest BCUT2D eigenvalue weighted by molar-refractivity contribution is 0.907. The van der Waals surface area contributed by atoms with Crippen molar-refractivity contribution in [3.63, 3.8) is 0 Å². The van der Waals surface area contributed by atoms with E-state index in [9.17, 15) is 0 Å². The molecule has 1 heterocycles. The highest BCUT2D eigenvalue weighted by molar-refractivity contribution is 6.12. The predicted octanol–water partition coefficient (Wildman–Crippen LogP) is 10.5. The van der Waals surface area contributed by atoms with Gasteiger partial charge in [0.15, 0.2) is 0 Å². The summed E-state index contributed by atoms with van der Waals surface area (Å²) in [6.07, 6.45) is 6.65. The predicted molar refractivity (Wildman–Crippen MR) is 178 cm³/mol. The summed E-state index contributed by atoms with van der Waals surface area (Å²) in [6.45, 7) is 6.00. The van der Waals surface area contributed by atoms with Gasteiger partial charge in [-0.25, -0.2) is 0 Å². The van der Waals surface area contributed by atoms with Crippen LogP contribution in [-0.4, -0.2) is 11.6 Å². The van der Waals surface area contributed by atoms with E-state index in [-0.39, 0.29) is 0 Å². The van der Waals surface area contributed by atoms with Gasteiger partial charge in [0.05, 0.1) is 11.0 Å². The van der Waals surface area contributed by atoms with Crippen LogP contribution in [0, 0.1) is 0 Å². The molecular weight excluding hydrogens is 496 g/mol. The smallest absolute Gasteiger partial charge is 0.0616 e. The Bertz CT molecular complexity index is 1870. The molecule has 200 valence electrons. The first kappa shape index (κ1) is 26.2. The van der Waals surface area contributed by atoms with Crippen molar-refractivity contribution in [2.24, 2.45) is 0 Å². The summed E-state index contributed by atoms with van der Waals surface area (Å²) in [5.74, 6) is 0. The Morgan fingerprint density at radius 2 is 1.27 bits per heavy atom. The van der Waals surface area contributed by atoms with Crippen molar-refractivity contribution in [2.75, 3.05) is 11.9 Å². The number of aromatic nitrogens is 1. The van der Waals surface area contributed by atoms with Gasteiger partial charge in [0.2, 0.25) is 0 Å². The van der Waals surface area contributed by atoms with Gasteiger partial charge in [-0.3, -0.25) is 0 Å². The Morgan fingerprint density at radius 3 is 2.02 bits per heavy atom. The lowest BCUT2D eigenvalue weighted by Crippen LogP contribution is -2.17. The molecular formula is C39H34N2. The zero-order valence-electron chi connectivity index (χ0n) is 23.5. The fraction of sp³-hybridized carbons (Fsp3) is 0.0769. The quantitative estimate of drug-likeness (QED) is 0.201. The van der Waals surface area contributed by atoms with Crippen LogP contribution in [0.15, 0.2) is 158 Å². The maximum Gasteiger partial charge on any atom is 0.0616 e. The third kappa shape index (κ3) is 4.90. The monoisotopic (exact) mass is 530 g/mol. The molecule has 1 aliphatic rings. The summed E-state index contributed by atoms with van der Waals surface area (Å²) in [4.78, 5) is 2.31. The highest BCUT2D eigenvalue weighted by atomic mass is 15.1. The summed E-state index contributed by atoms with van der Waals surface area (Å²) in [6, 6.07) is 45.7. The second-order valence-electron chi connectivity index (χ2n) is 10.2. The lowest BCUT2D eigenvalue weighted by atomic mass is 9.93. The van der Waals surface area contributed by atoms with Crippen molar-refractivity contribution in [3.8, 4) is 16.8 Å². The van der Waals surface area contributed by atoms with E-state index >= 15 is 0 Å². The molecule has 7 rings (SSSR count). The maximum atomic E-state index is 3.00. The Labute approximate surface area is 242 Å². The van der Waals surface area contributed by atoms with Gasteiger partial charge in [0.1, 0.15) is 0 Å². The Morgan fingerprint density at radius 1 is 0.610 bits per heavy atom. The SMILES string of the molecule is C=C.CN(C1=CC=C(c2cccc3c4ccccc4n(-c4cccc(-c5ccccc5)c4)c23)CC1)c1ccccc1. The number of nitrogens with zero attached hydrogens (tertiary/aromatic N) is 2. The number of hydrogen-bond acceptors (Lipinski definition) is 1. The third-order valence-corrected chi connectivity index (χ3v) is 7.95. The number of anilines is 1. The summed E-state index contributed by atoms with van der Waals surface area (Å²) in [5, 5.41) is 2.58. The summed E-state index contributed by atoms with van der Waals surface area (Å²) >= 11 is 0. The van der Waals surface area contributed by atoms with Crippen molar-refractivity contribution in [2.45, 2.75) is 12.8 Å². The summed E-state index contributed by atoms with van der Waals surface area (Å²) < 4.78 is 2.46. The van der Waals surface area contributed by atoms with Crippen LogP contribution < -0.4 is 4.90 Å². The molecule has 0 radical (unpaired) electrons. The Balaban J connectivity index is 0.00000148. The molecule has 0 saturated heterocycles. The normalized spacial score (nSPS) is 12.8. The molecule has 0 N–H and O–H groups in total. The van der Waals surface area contributed by atoms with E-state index < -0.39 is 0 Å². The number of para-hydroxylation sites is 3. The van der Waals surface area contributed by atoms with Crippen molar-refractivity contribution >= 4 is 33.1 Å². The molecule has 0 aliphatic heterocycles. The third-order valence-electron chi connectivity index (χ3n) is 7.95. The lowest BCUT2D eigenvalue weighted by Gasteiger charge is -2.26. The van der Waals surface area contributed by atoms with E-state index in [0.717, 1.165) is 12.8 Å². The fourth-order valence-electron chi connectivity index (χ4n) is 5.95. The average molecular weight is 531 g/mol. The number of benzene rings is 5. The molecule has 5 aromatic carbocycles. The van der Waals surface area contributed by atoms with Gasteiger partial charge in [-0.15, -0.1) is 13.2 Å². The zero-order chi connectivity index (χ0) is 28.2. The minimum absolute atomic E-state index is 1.01. The van der Waals surface area contributed by atoms with Crippen molar-refractivity contribution in [3.05, 3.63) is 164 Å². The van der Waals surface area contributed by atoms with E-state index in [1.807, 2.05) is 0 Å². The van der Waals surface area contributed by atoms with Crippen LogP contribution in [0.2, 0.25) is 0 Å². The van der Waals surface area contributed by atoms with Crippen LogP contribution >= 0.6 is 0 Å². The number of hydrogen-bond donors (Lipinski definition) is 0. The van der Waals surface area contributed by atoms with Crippen LogP contribution in [-0.2, 0) is 0 Å². The van der Waals surface area contributed by atoms with Gasteiger partial charge in [-0.2, -0.15) is 0 Å². The highest BCUT2D eigenvalue weighted by Crippen LogP contribution is 2.39. The molecule has 1 aromatic heterocycles. The second kappa shape index (κ2) is 11.6. The molecule has 0 atom stereocenters. The second-order valence-corrected chi connectivity index (χ2v) is 10.2. The number of rotatable bonds is 5. The molecule has 0 spiro atoms. The van der Waals surface area contributed by atoms with Gasteiger partial charge in [0.25, 0.3) is 0 Å². The molecule has 0 bridgehead atoms.